The molecule has 1 saturated carbocycles. The molecular formula is C14H13Cl2NO3S. The fourth-order valence-corrected chi connectivity index (χ4v) is 3.67. The second-order valence-corrected chi connectivity index (χ2v) is 7.93. The average Bonchev–Trinajstić information content (AvgIpc) is 3.05. The number of alkyl halides is 2. The number of ether oxygens (including phenoxy) is 1. The molecule has 0 spiro atoms. The lowest BCUT2D eigenvalue weighted by Crippen LogP contribution is -2.31. The van der Waals surface area contributed by atoms with Gasteiger partial charge in [0.15, 0.2) is 0 Å². The lowest BCUT2D eigenvalue weighted by atomic mass is 10.2. The molecule has 3 rings (SSSR count). The molecule has 1 aromatic carbocycles. The second kappa shape index (κ2) is 5.71. The number of nitrogens with one attached hydrogen (secondary N) is 1. The summed E-state index contributed by atoms with van der Waals surface area (Å²) in [6.45, 7) is 0.210. The zero-order chi connectivity index (χ0) is 15.0. The minimum atomic E-state index is -0.754. The minimum absolute atomic E-state index is 0.00153. The Morgan fingerprint density at radius 2 is 2.14 bits per heavy atom. The van der Waals surface area contributed by atoms with E-state index in [1.165, 1.54) is 11.8 Å². The first kappa shape index (κ1) is 15.0. The van der Waals surface area contributed by atoms with Crippen LogP contribution in [0.5, 0.6) is 0 Å². The van der Waals surface area contributed by atoms with E-state index >= 15 is 0 Å². The molecule has 2 aliphatic rings. The smallest absolute Gasteiger partial charge is 0.307 e. The Hall–Kier alpha value is -0.910. The van der Waals surface area contributed by atoms with Crippen molar-refractivity contribution in [3.63, 3.8) is 0 Å². The molecule has 21 heavy (non-hydrogen) atoms. The van der Waals surface area contributed by atoms with Crippen LogP contribution < -0.4 is 5.32 Å². The Bertz CT molecular complexity index is 593. The SMILES string of the molecule is O=C(C[C@@H]1Sc2ccccc2NC1=O)OC[C@H]1CC1(Cl)Cl. The molecule has 0 radical (unpaired) electrons. The largest absolute Gasteiger partial charge is 0.465 e. The topological polar surface area (TPSA) is 55.4 Å². The summed E-state index contributed by atoms with van der Waals surface area (Å²) in [5.41, 5.74) is 0.782. The van der Waals surface area contributed by atoms with Gasteiger partial charge in [-0.3, -0.25) is 9.59 Å². The molecule has 1 N–H and O–H groups in total. The van der Waals surface area contributed by atoms with E-state index in [9.17, 15) is 9.59 Å². The number of rotatable bonds is 4. The number of esters is 1. The first-order valence-electron chi connectivity index (χ1n) is 6.56. The van der Waals surface area contributed by atoms with Crippen molar-refractivity contribution in [3.8, 4) is 0 Å². The number of para-hydroxylation sites is 1. The Morgan fingerprint density at radius 1 is 1.43 bits per heavy atom. The van der Waals surface area contributed by atoms with Crippen molar-refractivity contribution in [2.75, 3.05) is 11.9 Å². The van der Waals surface area contributed by atoms with Crippen LogP contribution >= 0.6 is 35.0 Å². The van der Waals surface area contributed by atoms with Gasteiger partial charge in [-0.25, -0.2) is 0 Å². The van der Waals surface area contributed by atoms with Crippen LogP contribution in [-0.4, -0.2) is 28.1 Å². The summed E-state index contributed by atoms with van der Waals surface area (Å²) in [4.78, 5) is 24.7. The Labute approximate surface area is 136 Å². The van der Waals surface area contributed by atoms with Gasteiger partial charge in [0.1, 0.15) is 4.33 Å². The summed E-state index contributed by atoms with van der Waals surface area (Å²) in [5.74, 6) is -0.581. The third kappa shape index (κ3) is 3.47. The molecule has 2 atom stereocenters. The van der Waals surface area contributed by atoms with E-state index < -0.39 is 15.6 Å². The molecule has 7 heteroatoms. The Morgan fingerprint density at radius 3 is 2.86 bits per heavy atom. The zero-order valence-corrected chi connectivity index (χ0v) is 13.3. The number of carbonyl (C=O) groups excluding carboxylic acids is 2. The van der Waals surface area contributed by atoms with Gasteiger partial charge < -0.3 is 10.1 Å². The van der Waals surface area contributed by atoms with Crippen LogP contribution in [0.1, 0.15) is 12.8 Å². The molecule has 0 unspecified atom stereocenters. The van der Waals surface area contributed by atoms with Gasteiger partial charge in [0, 0.05) is 10.8 Å². The van der Waals surface area contributed by atoms with Crippen molar-refractivity contribution in [1.82, 2.24) is 0 Å². The summed E-state index contributed by atoms with van der Waals surface area (Å²) >= 11 is 13.1. The fourth-order valence-electron chi connectivity index (χ4n) is 2.08. The number of benzene rings is 1. The molecule has 1 heterocycles. The molecule has 1 fully saturated rings. The Balaban J connectivity index is 1.53. The van der Waals surface area contributed by atoms with Gasteiger partial charge in [-0.1, -0.05) is 12.1 Å². The molecule has 0 saturated heterocycles. The van der Waals surface area contributed by atoms with E-state index in [0.29, 0.717) is 6.42 Å². The van der Waals surface area contributed by atoms with Crippen LogP contribution in [0.25, 0.3) is 0 Å². The van der Waals surface area contributed by atoms with Crippen LogP contribution in [-0.2, 0) is 14.3 Å². The van der Waals surface area contributed by atoms with Gasteiger partial charge in [-0.15, -0.1) is 35.0 Å². The summed E-state index contributed by atoms with van der Waals surface area (Å²) in [7, 11) is 0. The molecule has 0 aromatic heterocycles. The molecule has 1 aliphatic heterocycles. The monoisotopic (exact) mass is 345 g/mol. The molecule has 1 aromatic rings. The summed E-state index contributed by atoms with van der Waals surface area (Å²) < 4.78 is 4.39. The predicted molar refractivity (Wildman–Crippen MR) is 82.8 cm³/mol. The van der Waals surface area contributed by atoms with Crippen molar-refractivity contribution in [1.29, 1.82) is 0 Å². The molecule has 4 nitrogen and oxygen atoms in total. The van der Waals surface area contributed by atoms with Crippen LogP contribution in [0.15, 0.2) is 29.2 Å². The van der Waals surface area contributed by atoms with Crippen molar-refractivity contribution in [2.24, 2.45) is 5.92 Å². The first-order chi connectivity index (χ1) is 9.95. The highest BCUT2D eigenvalue weighted by molar-refractivity contribution is 8.01. The van der Waals surface area contributed by atoms with E-state index in [0.717, 1.165) is 10.6 Å². The van der Waals surface area contributed by atoms with Gasteiger partial charge >= 0.3 is 5.97 Å². The normalized spacial score (nSPS) is 25.7. The summed E-state index contributed by atoms with van der Waals surface area (Å²) in [6, 6.07) is 7.50. The highest BCUT2D eigenvalue weighted by atomic mass is 35.5. The van der Waals surface area contributed by atoms with Gasteiger partial charge in [-0.05, 0) is 18.6 Å². The van der Waals surface area contributed by atoms with Gasteiger partial charge in [0.25, 0.3) is 0 Å². The lowest BCUT2D eigenvalue weighted by molar-refractivity contribution is -0.144. The van der Waals surface area contributed by atoms with E-state index in [1.54, 1.807) is 0 Å². The maximum absolute atomic E-state index is 12.0. The number of hydrogen-bond donors (Lipinski definition) is 1. The highest BCUT2D eigenvalue weighted by Crippen LogP contribution is 2.53. The van der Waals surface area contributed by atoms with Crippen LogP contribution in [0.2, 0.25) is 0 Å². The number of hydrogen-bond acceptors (Lipinski definition) is 4. The first-order valence-corrected chi connectivity index (χ1v) is 8.19. The lowest BCUT2D eigenvalue weighted by Gasteiger charge is -2.23. The van der Waals surface area contributed by atoms with Crippen LogP contribution in [0.4, 0.5) is 5.69 Å². The maximum atomic E-state index is 12.0. The third-order valence-corrected chi connectivity index (χ3v) is 5.66. The van der Waals surface area contributed by atoms with Crippen LogP contribution in [0, 0.1) is 5.92 Å². The maximum Gasteiger partial charge on any atom is 0.307 e. The number of halogens is 2. The predicted octanol–water partition coefficient (Wildman–Crippen LogP) is 3.23. The highest BCUT2D eigenvalue weighted by Gasteiger charge is 2.52. The number of anilines is 1. The van der Waals surface area contributed by atoms with E-state index in [-0.39, 0.29) is 24.9 Å². The van der Waals surface area contributed by atoms with Crippen molar-refractivity contribution >= 4 is 52.5 Å². The number of fused-ring (bicyclic) bond motifs is 1. The molecule has 1 amide bonds. The van der Waals surface area contributed by atoms with Crippen molar-refractivity contribution < 1.29 is 14.3 Å². The van der Waals surface area contributed by atoms with Gasteiger partial charge in [0.05, 0.1) is 24.0 Å². The molecule has 1 aliphatic carbocycles. The van der Waals surface area contributed by atoms with Crippen LogP contribution in [0.3, 0.4) is 0 Å². The van der Waals surface area contributed by atoms with Crippen molar-refractivity contribution in [2.45, 2.75) is 27.3 Å². The number of thioether (sulfide) groups is 1. The summed E-state index contributed by atoms with van der Waals surface area (Å²) in [5, 5.41) is 2.33. The molecular weight excluding hydrogens is 333 g/mol. The second-order valence-electron chi connectivity index (χ2n) is 5.14. The van der Waals surface area contributed by atoms with Gasteiger partial charge in [0.2, 0.25) is 5.91 Å². The molecule has 0 bridgehead atoms. The standard InChI is InChI=1S/C14H13Cl2NO3S/c15-14(16)6-8(14)7-20-12(18)5-11-13(19)17-9-3-1-2-4-10(9)21-11/h1-4,8,11H,5-7H2,(H,17,19)/t8-,11+/m1/s1. The van der Waals surface area contributed by atoms with E-state index in [4.69, 9.17) is 27.9 Å². The Kier molecular flexibility index (Phi) is 4.08. The van der Waals surface area contributed by atoms with Gasteiger partial charge in [-0.2, -0.15) is 0 Å². The van der Waals surface area contributed by atoms with Crippen molar-refractivity contribution in [3.05, 3.63) is 24.3 Å². The van der Waals surface area contributed by atoms with E-state index in [1.807, 2.05) is 24.3 Å². The number of carbonyl (C=O) groups is 2. The zero-order valence-electron chi connectivity index (χ0n) is 11.0. The molecule has 112 valence electrons. The third-order valence-electron chi connectivity index (χ3n) is 3.46. The van der Waals surface area contributed by atoms with E-state index in [2.05, 4.69) is 5.32 Å². The fraction of sp³-hybridized carbons (Fsp3) is 0.429. The number of amides is 1. The average molecular weight is 346 g/mol. The summed E-state index contributed by atoms with van der Waals surface area (Å²) in [6.07, 6.45) is 0.671. The minimum Gasteiger partial charge on any atom is -0.465 e. The quantitative estimate of drug-likeness (QED) is 0.672.